The molecular formula is C25H33ClN2O3. The second-order valence-corrected chi connectivity index (χ2v) is 8.52. The molecule has 5 nitrogen and oxygen atoms in total. The molecule has 31 heavy (non-hydrogen) atoms. The topological polar surface area (TPSA) is 42.0 Å². The third-order valence-electron chi connectivity index (χ3n) is 5.51. The summed E-state index contributed by atoms with van der Waals surface area (Å²) in [5.74, 6) is 1.35. The highest BCUT2D eigenvalue weighted by Crippen LogP contribution is 2.31. The Labute approximate surface area is 190 Å². The summed E-state index contributed by atoms with van der Waals surface area (Å²) in [6.07, 6.45) is 6.26. The van der Waals surface area contributed by atoms with E-state index in [2.05, 4.69) is 24.9 Å². The quantitative estimate of drug-likeness (QED) is 0.410. The van der Waals surface area contributed by atoms with Crippen LogP contribution in [0.25, 0.3) is 0 Å². The van der Waals surface area contributed by atoms with Gasteiger partial charge in [-0.25, -0.2) is 4.79 Å². The van der Waals surface area contributed by atoms with Crippen LogP contribution in [0, 0.1) is 0 Å². The van der Waals surface area contributed by atoms with E-state index in [0.29, 0.717) is 23.9 Å². The highest BCUT2D eigenvalue weighted by atomic mass is 35.5. The third kappa shape index (κ3) is 7.15. The summed E-state index contributed by atoms with van der Waals surface area (Å²) in [7, 11) is 2.17. The Bertz CT molecular complexity index is 841. The van der Waals surface area contributed by atoms with Gasteiger partial charge in [-0.1, -0.05) is 31.4 Å². The predicted octanol–water partition coefficient (Wildman–Crippen LogP) is 6.18. The molecule has 0 spiro atoms. The Morgan fingerprint density at radius 2 is 1.81 bits per heavy atom. The standard InChI is InChI=1S/C25H33ClN2O3/c1-3-4-5-15-27(2)16-7-18-30-23-13-14-24-20(19-23)8-6-17-28(24)25(29)31-22-11-9-21(26)10-12-22/h9-14,19H,3-8,15-18H2,1-2H3. The Hall–Kier alpha value is -2.24. The summed E-state index contributed by atoms with van der Waals surface area (Å²) in [4.78, 5) is 16.8. The number of carbonyl (C=O) groups is 1. The van der Waals surface area contributed by atoms with Gasteiger partial charge in [0.1, 0.15) is 11.5 Å². The van der Waals surface area contributed by atoms with Crippen molar-refractivity contribution >= 4 is 23.4 Å². The maximum Gasteiger partial charge on any atom is 0.419 e. The number of halogens is 1. The van der Waals surface area contributed by atoms with Crippen molar-refractivity contribution in [3.05, 3.63) is 53.1 Å². The average Bonchev–Trinajstić information content (AvgIpc) is 2.78. The molecule has 2 aromatic carbocycles. The number of carbonyl (C=O) groups excluding carboxylic acids is 1. The van der Waals surface area contributed by atoms with Crippen LogP contribution in [0.15, 0.2) is 42.5 Å². The zero-order valence-corrected chi connectivity index (χ0v) is 19.4. The first-order chi connectivity index (χ1) is 15.1. The zero-order chi connectivity index (χ0) is 22.1. The number of nitrogens with zero attached hydrogens (tertiary/aromatic N) is 2. The predicted molar refractivity (Wildman–Crippen MR) is 127 cm³/mol. The van der Waals surface area contributed by atoms with E-state index in [1.807, 2.05) is 12.1 Å². The second-order valence-electron chi connectivity index (χ2n) is 8.08. The molecule has 0 unspecified atom stereocenters. The Morgan fingerprint density at radius 1 is 1.06 bits per heavy atom. The van der Waals surface area contributed by atoms with Gasteiger partial charge in [0.05, 0.1) is 12.3 Å². The number of amides is 1. The van der Waals surface area contributed by atoms with E-state index < -0.39 is 0 Å². The van der Waals surface area contributed by atoms with Crippen molar-refractivity contribution in [3.63, 3.8) is 0 Å². The van der Waals surface area contributed by atoms with Gasteiger partial charge in [0.25, 0.3) is 0 Å². The van der Waals surface area contributed by atoms with Crippen molar-refractivity contribution in [1.82, 2.24) is 4.90 Å². The Kier molecular flexibility index (Phi) is 9.04. The molecule has 2 aromatic rings. The minimum Gasteiger partial charge on any atom is -0.494 e. The summed E-state index contributed by atoms with van der Waals surface area (Å²) in [5.41, 5.74) is 2.02. The molecule has 0 atom stereocenters. The lowest BCUT2D eigenvalue weighted by atomic mass is 10.0. The van der Waals surface area contributed by atoms with E-state index in [0.717, 1.165) is 49.4 Å². The van der Waals surface area contributed by atoms with Crippen LogP contribution in [0.4, 0.5) is 10.5 Å². The average molecular weight is 445 g/mol. The van der Waals surface area contributed by atoms with Crippen LogP contribution in [0.5, 0.6) is 11.5 Å². The number of hydrogen-bond acceptors (Lipinski definition) is 4. The fourth-order valence-electron chi connectivity index (χ4n) is 3.78. The SMILES string of the molecule is CCCCCN(C)CCCOc1ccc2c(c1)CCCN2C(=O)Oc1ccc(Cl)cc1. The molecule has 0 fully saturated rings. The van der Waals surface area contributed by atoms with Gasteiger partial charge < -0.3 is 14.4 Å². The number of ether oxygens (including phenoxy) is 2. The molecule has 6 heteroatoms. The summed E-state index contributed by atoms with van der Waals surface area (Å²) >= 11 is 5.90. The van der Waals surface area contributed by atoms with Crippen molar-refractivity contribution in [2.45, 2.75) is 45.4 Å². The van der Waals surface area contributed by atoms with E-state index in [1.54, 1.807) is 29.2 Å². The normalized spacial score (nSPS) is 13.2. The van der Waals surface area contributed by atoms with Crippen molar-refractivity contribution < 1.29 is 14.3 Å². The molecule has 1 aliphatic heterocycles. The molecule has 0 N–H and O–H groups in total. The van der Waals surface area contributed by atoms with E-state index in [-0.39, 0.29) is 6.09 Å². The number of fused-ring (bicyclic) bond motifs is 1. The van der Waals surface area contributed by atoms with Gasteiger partial charge in [0.2, 0.25) is 0 Å². The maximum absolute atomic E-state index is 12.7. The molecule has 0 saturated carbocycles. The van der Waals surface area contributed by atoms with Crippen LogP contribution in [0.3, 0.4) is 0 Å². The lowest BCUT2D eigenvalue weighted by Crippen LogP contribution is -2.37. The van der Waals surface area contributed by atoms with Crippen LogP contribution < -0.4 is 14.4 Å². The van der Waals surface area contributed by atoms with E-state index in [4.69, 9.17) is 21.1 Å². The van der Waals surface area contributed by atoms with Crippen LogP contribution in [-0.4, -0.2) is 44.3 Å². The minimum absolute atomic E-state index is 0.372. The van der Waals surface area contributed by atoms with Gasteiger partial charge >= 0.3 is 6.09 Å². The van der Waals surface area contributed by atoms with E-state index in [1.165, 1.54) is 19.3 Å². The molecule has 0 aromatic heterocycles. The minimum atomic E-state index is -0.372. The Balaban J connectivity index is 1.51. The number of anilines is 1. The fourth-order valence-corrected chi connectivity index (χ4v) is 3.91. The van der Waals surface area contributed by atoms with Gasteiger partial charge in [0.15, 0.2) is 0 Å². The lowest BCUT2D eigenvalue weighted by molar-refractivity contribution is 0.207. The first-order valence-electron chi connectivity index (χ1n) is 11.3. The van der Waals surface area contributed by atoms with E-state index in [9.17, 15) is 4.79 Å². The number of aryl methyl sites for hydroxylation is 1. The van der Waals surface area contributed by atoms with Crippen molar-refractivity contribution in [2.24, 2.45) is 0 Å². The first kappa shape index (κ1) is 23.4. The molecule has 0 bridgehead atoms. The van der Waals surface area contributed by atoms with Crippen molar-refractivity contribution in [2.75, 3.05) is 38.2 Å². The van der Waals surface area contributed by atoms with Gasteiger partial charge in [-0.2, -0.15) is 0 Å². The Morgan fingerprint density at radius 3 is 2.58 bits per heavy atom. The van der Waals surface area contributed by atoms with Gasteiger partial charge in [-0.3, -0.25) is 4.90 Å². The van der Waals surface area contributed by atoms with Gasteiger partial charge in [0, 0.05) is 18.1 Å². The number of unbranched alkanes of at least 4 members (excludes halogenated alkanes) is 2. The summed E-state index contributed by atoms with van der Waals surface area (Å²) in [5, 5.41) is 0.610. The third-order valence-corrected chi connectivity index (χ3v) is 5.76. The first-order valence-corrected chi connectivity index (χ1v) is 11.6. The van der Waals surface area contributed by atoms with Crippen LogP contribution >= 0.6 is 11.6 Å². The highest BCUT2D eigenvalue weighted by molar-refractivity contribution is 6.30. The smallest absolute Gasteiger partial charge is 0.419 e. The number of benzene rings is 2. The molecule has 0 aliphatic carbocycles. The molecule has 1 aliphatic rings. The van der Waals surface area contributed by atoms with Crippen LogP contribution in [0.2, 0.25) is 5.02 Å². The molecular weight excluding hydrogens is 412 g/mol. The highest BCUT2D eigenvalue weighted by Gasteiger charge is 2.24. The maximum atomic E-state index is 12.7. The summed E-state index contributed by atoms with van der Waals surface area (Å²) in [6.45, 7) is 5.76. The fraction of sp³-hybridized carbons (Fsp3) is 0.480. The molecule has 3 rings (SSSR count). The largest absolute Gasteiger partial charge is 0.494 e. The van der Waals surface area contributed by atoms with Crippen LogP contribution in [0.1, 0.15) is 44.6 Å². The molecule has 1 heterocycles. The second kappa shape index (κ2) is 12.0. The van der Waals surface area contributed by atoms with Gasteiger partial charge in [-0.15, -0.1) is 0 Å². The number of hydrogen-bond donors (Lipinski definition) is 0. The van der Waals surface area contributed by atoms with Gasteiger partial charge in [-0.05, 0) is 87.3 Å². The number of rotatable bonds is 10. The van der Waals surface area contributed by atoms with Crippen molar-refractivity contribution in [3.8, 4) is 11.5 Å². The molecule has 1 amide bonds. The van der Waals surface area contributed by atoms with Crippen molar-refractivity contribution in [1.29, 1.82) is 0 Å². The zero-order valence-electron chi connectivity index (χ0n) is 18.6. The molecule has 168 valence electrons. The molecule has 0 saturated heterocycles. The monoisotopic (exact) mass is 444 g/mol. The molecule has 0 radical (unpaired) electrons. The lowest BCUT2D eigenvalue weighted by Gasteiger charge is -2.29. The van der Waals surface area contributed by atoms with Crippen LogP contribution in [-0.2, 0) is 6.42 Å². The summed E-state index contributed by atoms with van der Waals surface area (Å²) in [6, 6.07) is 12.8. The van der Waals surface area contributed by atoms with E-state index >= 15 is 0 Å². The summed E-state index contributed by atoms with van der Waals surface area (Å²) < 4.78 is 11.5.